The Morgan fingerprint density at radius 2 is 1.78 bits per heavy atom. The Hall–Kier alpha value is -2.47. The second-order valence-corrected chi connectivity index (χ2v) is 10.6. The van der Waals surface area contributed by atoms with Crippen LogP contribution in [0.5, 0.6) is 0 Å². The second-order valence-electron chi connectivity index (χ2n) is 9.60. The van der Waals surface area contributed by atoms with E-state index in [0.717, 1.165) is 35.9 Å². The molecule has 168 valence electrons. The van der Waals surface area contributed by atoms with Crippen molar-refractivity contribution >= 4 is 29.1 Å². The van der Waals surface area contributed by atoms with E-state index >= 15 is 0 Å². The van der Waals surface area contributed by atoms with Crippen LogP contribution in [0.15, 0.2) is 47.8 Å². The molecule has 2 aliphatic heterocycles. The Bertz CT molecular complexity index is 990. The van der Waals surface area contributed by atoms with Gasteiger partial charge in [0.05, 0.1) is 12.0 Å². The average Bonchev–Trinajstić information content (AvgIpc) is 3.42. The van der Waals surface area contributed by atoms with Gasteiger partial charge in [-0.25, -0.2) is 0 Å². The number of piperidine rings is 1. The lowest BCUT2D eigenvalue weighted by Gasteiger charge is -2.42. The highest BCUT2D eigenvalue weighted by Gasteiger charge is 2.54. The van der Waals surface area contributed by atoms with E-state index in [-0.39, 0.29) is 37.1 Å². The number of hydrogen-bond acceptors (Lipinski definition) is 4. The van der Waals surface area contributed by atoms with Crippen molar-refractivity contribution in [3.63, 3.8) is 0 Å². The molecule has 3 fully saturated rings. The van der Waals surface area contributed by atoms with E-state index in [1.54, 1.807) is 0 Å². The summed E-state index contributed by atoms with van der Waals surface area (Å²) in [5, 5.41) is 1.95. The topological polar surface area (TPSA) is 57.7 Å². The maximum Gasteiger partial charge on any atom is 0.241 e. The first-order chi connectivity index (χ1) is 15.6. The molecule has 1 saturated carbocycles. The van der Waals surface area contributed by atoms with Gasteiger partial charge in [0.25, 0.3) is 0 Å². The number of likely N-dealkylation sites (tertiary alicyclic amines) is 2. The van der Waals surface area contributed by atoms with Crippen molar-refractivity contribution in [1.29, 1.82) is 0 Å². The largest absolute Gasteiger partial charge is 0.342 e. The van der Waals surface area contributed by atoms with Gasteiger partial charge >= 0.3 is 0 Å². The standard InChI is InChI=1S/C26H30N2O3S/c29-23(27-13-12-19-7-4-5-8-20(19)17-27)15-26(21-9-2-1-3-10-21)16-24(30)28(25(26)31)18-22-11-6-14-32-22/h1-3,6,9-11,14,19-20H,4-5,7-8,12-13,15-18H2/t19-,20-,26?/m0/s1. The fourth-order valence-corrected chi connectivity index (χ4v) is 6.63. The summed E-state index contributed by atoms with van der Waals surface area (Å²) in [5.41, 5.74) is -0.330. The Labute approximate surface area is 193 Å². The molecule has 3 atom stereocenters. The first-order valence-electron chi connectivity index (χ1n) is 11.8. The molecule has 1 unspecified atom stereocenters. The fraction of sp³-hybridized carbons (Fsp3) is 0.500. The zero-order chi connectivity index (χ0) is 22.1. The minimum atomic E-state index is -1.10. The van der Waals surface area contributed by atoms with Crippen molar-refractivity contribution in [3.8, 4) is 0 Å². The molecule has 32 heavy (non-hydrogen) atoms. The molecule has 0 spiro atoms. The molecule has 0 radical (unpaired) electrons. The van der Waals surface area contributed by atoms with Gasteiger partial charge in [0.15, 0.2) is 0 Å². The lowest BCUT2D eigenvalue weighted by atomic mass is 9.73. The van der Waals surface area contributed by atoms with Crippen LogP contribution in [-0.4, -0.2) is 40.6 Å². The lowest BCUT2D eigenvalue weighted by Crippen LogP contribution is -2.48. The molecule has 3 heterocycles. The van der Waals surface area contributed by atoms with Crippen LogP contribution in [0.2, 0.25) is 0 Å². The highest BCUT2D eigenvalue weighted by atomic mass is 32.1. The summed E-state index contributed by atoms with van der Waals surface area (Å²) < 4.78 is 0. The van der Waals surface area contributed by atoms with E-state index in [4.69, 9.17) is 0 Å². The third-order valence-corrected chi connectivity index (χ3v) is 8.59. The van der Waals surface area contributed by atoms with Crippen LogP contribution in [0.25, 0.3) is 0 Å². The van der Waals surface area contributed by atoms with Gasteiger partial charge in [-0.15, -0.1) is 11.3 Å². The van der Waals surface area contributed by atoms with Crippen LogP contribution in [0.1, 0.15) is 55.4 Å². The number of hydrogen-bond donors (Lipinski definition) is 0. The molecule has 6 heteroatoms. The molecule has 0 bridgehead atoms. The predicted molar refractivity (Wildman–Crippen MR) is 124 cm³/mol. The van der Waals surface area contributed by atoms with Gasteiger partial charge in [0.2, 0.25) is 17.7 Å². The van der Waals surface area contributed by atoms with Gasteiger partial charge in [0.1, 0.15) is 0 Å². The van der Waals surface area contributed by atoms with Crippen LogP contribution in [0, 0.1) is 11.8 Å². The van der Waals surface area contributed by atoms with Crippen molar-refractivity contribution in [2.24, 2.45) is 11.8 Å². The quantitative estimate of drug-likeness (QED) is 0.636. The number of fused-ring (bicyclic) bond motifs is 1. The number of carbonyl (C=O) groups is 3. The summed E-state index contributed by atoms with van der Waals surface area (Å²) in [5.74, 6) is 0.920. The van der Waals surface area contributed by atoms with Crippen molar-refractivity contribution < 1.29 is 14.4 Å². The van der Waals surface area contributed by atoms with Gasteiger partial charge in [-0.05, 0) is 41.7 Å². The van der Waals surface area contributed by atoms with Crippen LogP contribution >= 0.6 is 11.3 Å². The molecule has 3 amide bonds. The van der Waals surface area contributed by atoms with Crippen molar-refractivity contribution in [3.05, 3.63) is 58.3 Å². The number of nitrogens with zero attached hydrogens (tertiary/aromatic N) is 2. The van der Waals surface area contributed by atoms with Crippen molar-refractivity contribution in [1.82, 2.24) is 9.80 Å². The summed E-state index contributed by atoms with van der Waals surface area (Å²) in [6.45, 7) is 1.85. The van der Waals surface area contributed by atoms with Gasteiger partial charge in [-0.1, -0.05) is 55.7 Å². The molecule has 5 rings (SSSR count). The van der Waals surface area contributed by atoms with Crippen molar-refractivity contribution in [2.75, 3.05) is 13.1 Å². The molecule has 1 aromatic carbocycles. The number of thiophene rings is 1. The number of amides is 3. The predicted octanol–water partition coefficient (Wildman–Crippen LogP) is 4.37. The summed E-state index contributed by atoms with van der Waals surface area (Å²) in [7, 11) is 0. The first kappa shape index (κ1) is 21.4. The van der Waals surface area contributed by atoms with E-state index in [1.165, 1.54) is 41.9 Å². The Morgan fingerprint density at radius 1 is 1.00 bits per heavy atom. The average molecular weight is 451 g/mol. The molecule has 2 aromatic rings. The van der Waals surface area contributed by atoms with E-state index in [2.05, 4.69) is 0 Å². The van der Waals surface area contributed by atoms with Crippen LogP contribution < -0.4 is 0 Å². The smallest absolute Gasteiger partial charge is 0.241 e. The first-order valence-corrected chi connectivity index (χ1v) is 12.7. The number of carbonyl (C=O) groups excluding carboxylic acids is 3. The lowest BCUT2D eigenvalue weighted by molar-refractivity contribution is -0.144. The van der Waals surface area contributed by atoms with Gasteiger partial charge < -0.3 is 4.90 Å². The van der Waals surface area contributed by atoms with Gasteiger partial charge in [-0.2, -0.15) is 0 Å². The van der Waals surface area contributed by atoms with Crippen LogP contribution in [0.4, 0.5) is 0 Å². The van der Waals surface area contributed by atoms with Crippen LogP contribution in [-0.2, 0) is 26.3 Å². The Morgan fingerprint density at radius 3 is 2.53 bits per heavy atom. The number of imide groups is 1. The zero-order valence-corrected chi connectivity index (χ0v) is 19.2. The monoisotopic (exact) mass is 450 g/mol. The molecule has 0 N–H and O–H groups in total. The molecule has 3 aliphatic rings. The maximum absolute atomic E-state index is 13.7. The minimum absolute atomic E-state index is 0.0111. The summed E-state index contributed by atoms with van der Waals surface area (Å²) in [6, 6.07) is 13.3. The highest BCUT2D eigenvalue weighted by Crippen LogP contribution is 2.42. The normalized spacial score (nSPS) is 28.1. The number of benzene rings is 1. The van der Waals surface area contributed by atoms with E-state index in [9.17, 15) is 14.4 Å². The molecule has 5 nitrogen and oxygen atoms in total. The molecule has 2 saturated heterocycles. The third kappa shape index (κ3) is 3.90. The SMILES string of the molecule is O=C(CC1(c2ccccc2)CC(=O)N(Cc2cccs2)C1=O)N1CC[C@@H]2CCCC[C@H]2C1. The Balaban J connectivity index is 1.40. The van der Waals surface area contributed by atoms with E-state index in [1.807, 2.05) is 52.7 Å². The second kappa shape index (κ2) is 8.81. The molecule has 1 aliphatic carbocycles. The maximum atomic E-state index is 13.7. The summed E-state index contributed by atoms with van der Waals surface area (Å²) in [4.78, 5) is 44.6. The van der Waals surface area contributed by atoms with Gasteiger partial charge in [-0.3, -0.25) is 19.3 Å². The van der Waals surface area contributed by atoms with E-state index < -0.39 is 5.41 Å². The molecule has 1 aromatic heterocycles. The molecular weight excluding hydrogens is 420 g/mol. The fourth-order valence-electron chi connectivity index (χ4n) is 5.94. The van der Waals surface area contributed by atoms with Gasteiger partial charge in [0, 0.05) is 30.8 Å². The highest BCUT2D eigenvalue weighted by molar-refractivity contribution is 7.09. The van der Waals surface area contributed by atoms with Crippen molar-refractivity contribution in [2.45, 2.75) is 56.9 Å². The van der Waals surface area contributed by atoms with Crippen LogP contribution in [0.3, 0.4) is 0 Å². The minimum Gasteiger partial charge on any atom is -0.342 e. The van der Waals surface area contributed by atoms with E-state index in [0.29, 0.717) is 5.92 Å². The number of rotatable bonds is 5. The molecular formula is C26H30N2O3S. The third-order valence-electron chi connectivity index (χ3n) is 7.73. The summed E-state index contributed by atoms with van der Waals surface area (Å²) in [6.07, 6.45) is 6.24. The Kier molecular flexibility index (Phi) is 5.89. The summed E-state index contributed by atoms with van der Waals surface area (Å²) >= 11 is 1.54. The zero-order valence-electron chi connectivity index (χ0n) is 18.4.